The average molecular weight is 292 g/mol. The summed E-state index contributed by atoms with van der Waals surface area (Å²) < 4.78 is 27.1. The van der Waals surface area contributed by atoms with Crippen LogP contribution in [0.25, 0.3) is 4.91 Å². The van der Waals surface area contributed by atoms with Crippen LogP contribution in [0.3, 0.4) is 0 Å². The molecule has 0 spiro atoms. The summed E-state index contributed by atoms with van der Waals surface area (Å²) in [4.78, 5) is 4.65. The highest BCUT2D eigenvalue weighted by atomic mass is 32.2. The highest BCUT2D eigenvalue weighted by molar-refractivity contribution is 8.00. The van der Waals surface area contributed by atoms with Crippen molar-refractivity contribution in [3.63, 3.8) is 0 Å². The SMILES string of the molecule is CCCN=C1NS(=O)(=O)C(c2ccc(C)c(C)c2)=C1C. The Balaban J connectivity index is 2.57. The van der Waals surface area contributed by atoms with Gasteiger partial charge in [0.05, 0.1) is 0 Å². The van der Waals surface area contributed by atoms with Crippen LogP contribution in [-0.4, -0.2) is 20.8 Å². The third kappa shape index (κ3) is 2.63. The van der Waals surface area contributed by atoms with E-state index in [0.717, 1.165) is 23.1 Å². The summed E-state index contributed by atoms with van der Waals surface area (Å²) in [6, 6.07) is 5.71. The van der Waals surface area contributed by atoms with Gasteiger partial charge in [0.1, 0.15) is 10.7 Å². The Bertz CT molecular complexity index is 701. The highest BCUT2D eigenvalue weighted by Crippen LogP contribution is 2.30. The second kappa shape index (κ2) is 5.40. The fourth-order valence-electron chi connectivity index (χ4n) is 2.19. The zero-order valence-corrected chi connectivity index (χ0v) is 13.1. The minimum Gasteiger partial charge on any atom is -0.268 e. The molecule has 1 N–H and O–H groups in total. The number of hydrogen-bond donors (Lipinski definition) is 1. The van der Waals surface area contributed by atoms with E-state index in [-0.39, 0.29) is 0 Å². The van der Waals surface area contributed by atoms with E-state index in [4.69, 9.17) is 0 Å². The molecule has 1 aliphatic heterocycles. The van der Waals surface area contributed by atoms with Crippen molar-refractivity contribution in [1.82, 2.24) is 4.72 Å². The van der Waals surface area contributed by atoms with E-state index in [9.17, 15) is 8.42 Å². The van der Waals surface area contributed by atoms with E-state index >= 15 is 0 Å². The van der Waals surface area contributed by atoms with Crippen molar-refractivity contribution in [2.75, 3.05) is 6.54 Å². The Morgan fingerprint density at radius 1 is 1.15 bits per heavy atom. The van der Waals surface area contributed by atoms with Gasteiger partial charge in [-0.1, -0.05) is 25.1 Å². The van der Waals surface area contributed by atoms with E-state index in [2.05, 4.69) is 9.71 Å². The largest absolute Gasteiger partial charge is 0.268 e. The molecule has 0 atom stereocenters. The lowest BCUT2D eigenvalue weighted by Crippen LogP contribution is -2.23. The van der Waals surface area contributed by atoms with Gasteiger partial charge in [0, 0.05) is 12.1 Å². The van der Waals surface area contributed by atoms with Crippen LogP contribution in [0.4, 0.5) is 0 Å². The predicted octanol–water partition coefficient (Wildman–Crippen LogP) is 2.78. The van der Waals surface area contributed by atoms with Crippen molar-refractivity contribution in [2.45, 2.75) is 34.1 Å². The van der Waals surface area contributed by atoms with Gasteiger partial charge in [-0.25, -0.2) is 8.42 Å². The summed E-state index contributed by atoms with van der Waals surface area (Å²) in [6.07, 6.45) is 0.886. The standard InChI is InChI=1S/C15H20N2O2S/c1-5-8-16-15-12(4)14(20(18,19)17-15)13-7-6-10(2)11(3)9-13/h6-7,9H,5,8H2,1-4H3,(H,16,17). The van der Waals surface area contributed by atoms with Gasteiger partial charge in [-0.15, -0.1) is 0 Å². The molecule has 108 valence electrons. The van der Waals surface area contributed by atoms with Gasteiger partial charge in [-0.05, 0) is 43.9 Å². The first-order valence-corrected chi connectivity index (χ1v) is 8.21. The van der Waals surface area contributed by atoms with Crippen molar-refractivity contribution in [3.05, 3.63) is 40.5 Å². The number of sulfonamides is 1. The molecule has 20 heavy (non-hydrogen) atoms. The number of rotatable bonds is 3. The van der Waals surface area contributed by atoms with Gasteiger partial charge in [-0.3, -0.25) is 9.71 Å². The molecular formula is C15H20N2O2S. The highest BCUT2D eigenvalue weighted by Gasteiger charge is 2.32. The zero-order chi connectivity index (χ0) is 14.9. The fraction of sp³-hybridized carbons (Fsp3) is 0.400. The minimum atomic E-state index is -3.50. The molecular weight excluding hydrogens is 272 g/mol. The number of nitrogens with zero attached hydrogens (tertiary/aromatic N) is 1. The molecule has 1 aromatic rings. The molecule has 0 saturated carbocycles. The second-order valence-electron chi connectivity index (χ2n) is 5.09. The van der Waals surface area contributed by atoms with Gasteiger partial charge in [0.25, 0.3) is 10.0 Å². The van der Waals surface area contributed by atoms with E-state index in [1.54, 1.807) is 6.92 Å². The van der Waals surface area contributed by atoms with Crippen LogP contribution >= 0.6 is 0 Å². The van der Waals surface area contributed by atoms with Crippen molar-refractivity contribution in [1.29, 1.82) is 0 Å². The summed E-state index contributed by atoms with van der Waals surface area (Å²) in [5.41, 5.74) is 3.65. The minimum absolute atomic E-state index is 0.343. The molecule has 1 aromatic carbocycles. The van der Waals surface area contributed by atoms with Crippen molar-refractivity contribution >= 4 is 20.8 Å². The van der Waals surface area contributed by atoms with Crippen LogP contribution in [0.2, 0.25) is 0 Å². The van der Waals surface area contributed by atoms with Gasteiger partial charge in [0.2, 0.25) is 0 Å². The Labute approximate surface area is 120 Å². The number of aliphatic imine (C=N–C) groups is 1. The van der Waals surface area contributed by atoms with Crippen LogP contribution in [-0.2, 0) is 10.0 Å². The molecule has 0 aliphatic carbocycles. The number of hydrogen-bond acceptors (Lipinski definition) is 3. The Kier molecular flexibility index (Phi) is 3.99. The molecule has 0 saturated heterocycles. The van der Waals surface area contributed by atoms with Crippen LogP contribution in [0.5, 0.6) is 0 Å². The third-order valence-corrected chi connectivity index (χ3v) is 5.00. The van der Waals surface area contributed by atoms with E-state index in [1.807, 2.05) is 39.0 Å². The quantitative estimate of drug-likeness (QED) is 0.931. The first-order valence-electron chi connectivity index (χ1n) is 6.73. The molecule has 4 nitrogen and oxygen atoms in total. The van der Waals surface area contributed by atoms with Crippen molar-refractivity contribution < 1.29 is 8.42 Å². The molecule has 0 aromatic heterocycles. The maximum atomic E-state index is 12.3. The van der Waals surface area contributed by atoms with E-state index in [1.165, 1.54) is 0 Å². The molecule has 0 bridgehead atoms. The normalized spacial score (nSPS) is 19.5. The molecule has 5 heteroatoms. The Morgan fingerprint density at radius 3 is 2.45 bits per heavy atom. The molecule has 1 heterocycles. The lowest BCUT2D eigenvalue weighted by atomic mass is 10.0. The molecule has 0 unspecified atom stereocenters. The molecule has 0 fully saturated rings. The second-order valence-corrected chi connectivity index (χ2v) is 6.71. The molecule has 0 radical (unpaired) electrons. The summed E-state index contributed by atoms with van der Waals surface area (Å²) in [5, 5.41) is 0. The smallest absolute Gasteiger partial charge is 0.264 e. The average Bonchev–Trinajstić information content (AvgIpc) is 2.60. The summed E-state index contributed by atoms with van der Waals surface area (Å²) in [5.74, 6) is 0.472. The Hall–Kier alpha value is -1.62. The number of nitrogens with one attached hydrogen (secondary N) is 1. The number of aryl methyl sites for hydroxylation is 2. The zero-order valence-electron chi connectivity index (χ0n) is 12.3. The topological polar surface area (TPSA) is 58.5 Å². The van der Waals surface area contributed by atoms with Gasteiger partial charge in [-0.2, -0.15) is 0 Å². The number of amidine groups is 1. The van der Waals surface area contributed by atoms with Gasteiger partial charge in [0.15, 0.2) is 0 Å². The molecule has 1 aliphatic rings. The lowest BCUT2D eigenvalue weighted by molar-refractivity contribution is 0.603. The van der Waals surface area contributed by atoms with Gasteiger partial charge >= 0.3 is 0 Å². The fourth-order valence-corrected chi connectivity index (χ4v) is 3.70. The van der Waals surface area contributed by atoms with Crippen LogP contribution < -0.4 is 4.72 Å². The van der Waals surface area contributed by atoms with Crippen molar-refractivity contribution in [3.8, 4) is 0 Å². The maximum absolute atomic E-state index is 12.3. The van der Waals surface area contributed by atoms with Crippen LogP contribution in [0.1, 0.15) is 37.0 Å². The summed E-state index contributed by atoms with van der Waals surface area (Å²) in [6.45, 7) is 8.43. The Morgan fingerprint density at radius 2 is 1.85 bits per heavy atom. The first-order chi connectivity index (χ1) is 9.36. The summed E-state index contributed by atoms with van der Waals surface area (Å²) in [7, 11) is -3.50. The first kappa shape index (κ1) is 14.8. The molecule has 2 rings (SSSR count). The predicted molar refractivity (Wildman–Crippen MR) is 83.2 cm³/mol. The monoisotopic (exact) mass is 292 g/mol. The van der Waals surface area contributed by atoms with Crippen LogP contribution in [0, 0.1) is 13.8 Å². The number of benzene rings is 1. The summed E-state index contributed by atoms with van der Waals surface area (Å²) >= 11 is 0. The van der Waals surface area contributed by atoms with E-state index < -0.39 is 10.0 Å². The van der Waals surface area contributed by atoms with Crippen LogP contribution in [0.15, 0.2) is 28.8 Å². The maximum Gasteiger partial charge on any atom is 0.264 e. The van der Waals surface area contributed by atoms with E-state index in [0.29, 0.717) is 22.9 Å². The lowest BCUT2D eigenvalue weighted by Gasteiger charge is -2.06. The van der Waals surface area contributed by atoms with Crippen molar-refractivity contribution in [2.24, 2.45) is 4.99 Å². The third-order valence-electron chi connectivity index (χ3n) is 3.46. The van der Waals surface area contributed by atoms with Gasteiger partial charge < -0.3 is 0 Å². The molecule has 0 amide bonds.